The zero-order valence-corrected chi connectivity index (χ0v) is 11.6. The van der Waals surface area contributed by atoms with Gasteiger partial charge in [-0.25, -0.2) is 4.68 Å². The molecule has 1 aromatic heterocycles. The lowest BCUT2D eigenvalue weighted by Crippen LogP contribution is -2.31. The number of anilines is 1. The van der Waals surface area contributed by atoms with E-state index in [-0.39, 0.29) is 10.6 Å². The first kappa shape index (κ1) is 13.4. The summed E-state index contributed by atoms with van der Waals surface area (Å²) in [6.45, 7) is 4.39. The highest BCUT2D eigenvalue weighted by Crippen LogP contribution is 2.24. The molecule has 1 N–H and O–H groups in total. The van der Waals surface area contributed by atoms with Crippen molar-refractivity contribution in [2.75, 3.05) is 25.0 Å². The predicted molar refractivity (Wildman–Crippen MR) is 73.5 cm³/mol. The molecule has 1 aliphatic rings. The summed E-state index contributed by atoms with van der Waals surface area (Å²) in [4.78, 5) is 14.1. The first-order valence-corrected chi connectivity index (χ1v) is 6.73. The molecular weight excluding hydrogens is 252 g/mol. The van der Waals surface area contributed by atoms with E-state index in [4.69, 9.17) is 11.6 Å². The molecule has 1 aliphatic heterocycles. The lowest BCUT2D eigenvalue weighted by atomic mass is 10.3. The monoisotopic (exact) mass is 270 g/mol. The first-order valence-electron chi connectivity index (χ1n) is 6.35. The second kappa shape index (κ2) is 5.71. The third-order valence-electron chi connectivity index (χ3n) is 3.34. The van der Waals surface area contributed by atoms with Crippen LogP contribution >= 0.6 is 11.6 Å². The van der Waals surface area contributed by atoms with E-state index >= 15 is 0 Å². The van der Waals surface area contributed by atoms with Gasteiger partial charge in [0.05, 0.1) is 11.9 Å². The third kappa shape index (κ3) is 2.52. The van der Waals surface area contributed by atoms with E-state index in [1.807, 2.05) is 14.0 Å². The average molecular weight is 271 g/mol. The maximum atomic E-state index is 12.0. The van der Waals surface area contributed by atoms with Gasteiger partial charge in [-0.3, -0.25) is 4.79 Å². The topological polar surface area (TPSA) is 50.2 Å². The molecule has 18 heavy (non-hydrogen) atoms. The molecule has 0 spiro atoms. The summed E-state index contributed by atoms with van der Waals surface area (Å²) < 4.78 is 1.43. The van der Waals surface area contributed by atoms with E-state index in [9.17, 15) is 4.79 Å². The van der Waals surface area contributed by atoms with E-state index in [2.05, 4.69) is 15.3 Å². The number of aryl methyl sites for hydroxylation is 1. The number of likely N-dealkylation sites (N-methyl/N-ethyl adjacent to an activating group) is 1. The molecule has 0 radical (unpaired) electrons. The summed E-state index contributed by atoms with van der Waals surface area (Å²) in [7, 11) is 1.95. The van der Waals surface area contributed by atoms with E-state index in [0.717, 1.165) is 31.6 Å². The lowest BCUT2D eigenvalue weighted by Gasteiger charge is -2.19. The Morgan fingerprint density at radius 3 is 3.00 bits per heavy atom. The van der Waals surface area contributed by atoms with Crippen LogP contribution in [-0.4, -0.2) is 36.0 Å². The Kier molecular flexibility index (Phi) is 4.24. The molecule has 2 rings (SSSR count). The van der Waals surface area contributed by atoms with Crippen LogP contribution in [-0.2, 0) is 6.54 Å². The molecule has 1 atom stereocenters. The Bertz CT molecular complexity index is 474. The van der Waals surface area contributed by atoms with Gasteiger partial charge in [0.2, 0.25) is 0 Å². The van der Waals surface area contributed by atoms with Crippen molar-refractivity contribution in [3.63, 3.8) is 0 Å². The standard InChI is InChI=1S/C12H19ClN4O/c1-3-5-17-12(18)11(13)10(7-15-17)16-6-4-9(8-16)14-2/h7,9,14H,3-6,8H2,1-2H3. The fraction of sp³-hybridized carbons (Fsp3) is 0.667. The van der Waals surface area contributed by atoms with Gasteiger partial charge in [-0.05, 0) is 19.9 Å². The molecule has 0 amide bonds. The molecule has 1 unspecified atom stereocenters. The van der Waals surface area contributed by atoms with E-state index < -0.39 is 0 Å². The van der Waals surface area contributed by atoms with Crippen molar-refractivity contribution in [2.24, 2.45) is 0 Å². The molecule has 1 saturated heterocycles. The fourth-order valence-corrected chi connectivity index (χ4v) is 2.53. The van der Waals surface area contributed by atoms with E-state index in [0.29, 0.717) is 12.6 Å². The average Bonchev–Trinajstić information content (AvgIpc) is 2.84. The van der Waals surface area contributed by atoms with Gasteiger partial charge in [-0.2, -0.15) is 5.10 Å². The molecule has 1 fully saturated rings. The van der Waals surface area contributed by atoms with Crippen LogP contribution in [0.25, 0.3) is 0 Å². The highest BCUT2D eigenvalue weighted by molar-refractivity contribution is 6.33. The van der Waals surface area contributed by atoms with E-state index in [1.54, 1.807) is 6.20 Å². The zero-order valence-electron chi connectivity index (χ0n) is 10.8. The Morgan fingerprint density at radius 2 is 2.39 bits per heavy atom. The van der Waals surface area contributed by atoms with Crippen molar-refractivity contribution >= 4 is 17.3 Å². The highest BCUT2D eigenvalue weighted by atomic mass is 35.5. The molecule has 5 nitrogen and oxygen atoms in total. The van der Waals surface area contributed by atoms with Crippen LogP contribution in [0.15, 0.2) is 11.0 Å². The predicted octanol–water partition coefficient (Wildman–Crippen LogP) is 1.10. The van der Waals surface area contributed by atoms with Gasteiger partial charge in [0, 0.05) is 25.7 Å². The smallest absolute Gasteiger partial charge is 0.287 e. The molecule has 0 bridgehead atoms. The zero-order chi connectivity index (χ0) is 13.1. The number of nitrogens with one attached hydrogen (secondary N) is 1. The second-order valence-electron chi connectivity index (χ2n) is 4.59. The Hall–Kier alpha value is -1.07. The summed E-state index contributed by atoms with van der Waals surface area (Å²) in [6, 6.07) is 0.458. The van der Waals surface area contributed by atoms with Gasteiger partial charge in [0.25, 0.3) is 5.56 Å². The molecule has 100 valence electrons. The lowest BCUT2D eigenvalue weighted by molar-refractivity contribution is 0.567. The maximum Gasteiger partial charge on any atom is 0.287 e. The third-order valence-corrected chi connectivity index (χ3v) is 3.69. The summed E-state index contributed by atoms with van der Waals surface area (Å²) in [5, 5.41) is 7.71. The van der Waals surface area contributed by atoms with Crippen molar-refractivity contribution in [1.29, 1.82) is 0 Å². The Morgan fingerprint density at radius 1 is 1.61 bits per heavy atom. The van der Waals surface area contributed by atoms with Gasteiger partial charge < -0.3 is 10.2 Å². The number of rotatable bonds is 4. The summed E-state index contributed by atoms with van der Waals surface area (Å²) >= 11 is 6.17. The van der Waals surface area contributed by atoms with Gasteiger partial charge in [-0.15, -0.1) is 0 Å². The highest BCUT2D eigenvalue weighted by Gasteiger charge is 2.24. The minimum absolute atomic E-state index is 0.191. The van der Waals surface area contributed by atoms with Crippen LogP contribution < -0.4 is 15.8 Å². The minimum atomic E-state index is -0.191. The number of hydrogen-bond donors (Lipinski definition) is 1. The number of aromatic nitrogens is 2. The molecule has 0 aromatic carbocycles. The van der Waals surface area contributed by atoms with Crippen molar-refractivity contribution in [1.82, 2.24) is 15.1 Å². The fourth-order valence-electron chi connectivity index (χ4n) is 2.26. The molecule has 0 saturated carbocycles. The van der Waals surface area contributed by atoms with Gasteiger partial charge in [0.1, 0.15) is 5.02 Å². The summed E-state index contributed by atoms with van der Waals surface area (Å²) in [6.07, 6.45) is 3.64. The maximum absolute atomic E-state index is 12.0. The van der Waals surface area contributed by atoms with Crippen LogP contribution in [0, 0.1) is 0 Å². The summed E-state index contributed by atoms with van der Waals surface area (Å²) in [5.41, 5.74) is 0.565. The van der Waals surface area contributed by atoms with Crippen LogP contribution in [0.4, 0.5) is 5.69 Å². The number of hydrogen-bond acceptors (Lipinski definition) is 4. The summed E-state index contributed by atoms with van der Waals surface area (Å²) in [5.74, 6) is 0. The second-order valence-corrected chi connectivity index (χ2v) is 4.97. The molecule has 2 heterocycles. The van der Waals surface area contributed by atoms with Gasteiger partial charge >= 0.3 is 0 Å². The molecule has 1 aromatic rings. The van der Waals surface area contributed by atoms with Gasteiger partial charge in [0.15, 0.2) is 0 Å². The number of halogens is 1. The normalized spacial score (nSPS) is 19.5. The molecular formula is C12H19ClN4O. The van der Waals surface area contributed by atoms with Crippen molar-refractivity contribution < 1.29 is 0 Å². The van der Waals surface area contributed by atoms with Crippen LogP contribution in [0.1, 0.15) is 19.8 Å². The van der Waals surface area contributed by atoms with Crippen molar-refractivity contribution in [3.05, 3.63) is 21.6 Å². The SMILES string of the molecule is CCCn1ncc(N2CCC(NC)C2)c(Cl)c1=O. The molecule has 6 heteroatoms. The van der Waals surface area contributed by atoms with Crippen LogP contribution in [0.3, 0.4) is 0 Å². The quantitative estimate of drug-likeness (QED) is 0.890. The largest absolute Gasteiger partial charge is 0.367 e. The Balaban J connectivity index is 2.25. The first-order chi connectivity index (χ1) is 8.67. The van der Waals surface area contributed by atoms with Crippen LogP contribution in [0.2, 0.25) is 5.02 Å². The minimum Gasteiger partial charge on any atom is -0.367 e. The van der Waals surface area contributed by atoms with Gasteiger partial charge in [-0.1, -0.05) is 18.5 Å². The number of nitrogens with zero attached hydrogens (tertiary/aromatic N) is 3. The van der Waals surface area contributed by atoms with Crippen molar-refractivity contribution in [3.8, 4) is 0 Å². The van der Waals surface area contributed by atoms with E-state index in [1.165, 1.54) is 4.68 Å². The Labute approximate surface area is 112 Å². The van der Waals surface area contributed by atoms with Crippen LogP contribution in [0.5, 0.6) is 0 Å². The van der Waals surface area contributed by atoms with Crippen molar-refractivity contribution in [2.45, 2.75) is 32.4 Å². The molecule has 0 aliphatic carbocycles.